The minimum absolute atomic E-state index is 0.264. The summed E-state index contributed by atoms with van der Waals surface area (Å²) in [4.78, 5) is 32.3. The van der Waals surface area contributed by atoms with Gasteiger partial charge in [0, 0.05) is 11.0 Å². The van der Waals surface area contributed by atoms with Crippen molar-refractivity contribution in [2.75, 3.05) is 5.32 Å². The Labute approximate surface area is 166 Å². The lowest BCUT2D eigenvalue weighted by Crippen LogP contribution is -2.27. The number of carboxylic acids is 1. The lowest BCUT2D eigenvalue weighted by molar-refractivity contribution is 0.0633. The molecule has 0 spiro atoms. The van der Waals surface area contributed by atoms with Crippen molar-refractivity contribution in [3.05, 3.63) is 54.4 Å². The van der Waals surface area contributed by atoms with E-state index in [9.17, 15) is 14.7 Å². The Balaban J connectivity index is 1.79. The summed E-state index contributed by atoms with van der Waals surface area (Å²) >= 11 is 1.38. The first-order valence-corrected chi connectivity index (χ1v) is 9.29. The largest absolute Gasteiger partial charge is 0.478 e. The number of carbonyl (C=O) groups excluding carboxylic acids is 1. The maximum Gasteiger partial charge on any atom is 0.413 e. The van der Waals surface area contributed by atoms with Crippen LogP contribution >= 0.6 is 11.8 Å². The molecule has 2 N–H and O–H groups in total. The van der Waals surface area contributed by atoms with E-state index in [1.165, 1.54) is 18.1 Å². The van der Waals surface area contributed by atoms with Gasteiger partial charge in [-0.05, 0) is 49.7 Å². The molecule has 0 atom stereocenters. The number of aromatic nitrogens is 2. The Hall–Kier alpha value is -3.13. The highest BCUT2D eigenvalue weighted by atomic mass is 32.2. The van der Waals surface area contributed by atoms with E-state index >= 15 is 0 Å². The highest BCUT2D eigenvalue weighted by Crippen LogP contribution is 2.30. The second-order valence-corrected chi connectivity index (χ2v) is 8.06. The smallest absolute Gasteiger partial charge is 0.413 e. The molecule has 0 aliphatic carbocycles. The van der Waals surface area contributed by atoms with Crippen LogP contribution < -0.4 is 5.32 Å². The van der Waals surface area contributed by atoms with Crippen molar-refractivity contribution < 1.29 is 19.4 Å². The van der Waals surface area contributed by atoms with E-state index < -0.39 is 17.7 Å². The molecule has 0 saturated carbocycles. The summed E-state index contributed by atoms with van der Waals surface area (Å²) in [5.74, 6) is -0.625. The Morgan fingerprint density at radius 3 is 2.61 bits per heavy atom. The van der Waals surface area contributed by atoms with E-state index in [2.05, 4.69) is 15.3 Å². The van der Waals surface area contributed by atoms with Gasteiger partial charge < -0.3 is 9.84 Å². The van der Waals surface area contributed by atoms with Gasteiger partial charge in [0.25, 0.3) is 0 Å². The number of fused-ring (bicyclic) bond motifs is 1. The van der Waals surface area contributed by atoms with Crippen molar-refractivity contribution in [1.82, 2.24) is 9.97 Å². The van der Waals surface area contributed by atoms with Crippen LogP contribution in [0.1, 0.15) is 31.1 Å². The third-order valence-electron chi connectivity index (χ3n) is 3.58. The van der Waals surface area contributed by atoms with Crippen LogP contribution in [-0.2, 0) is 4.74 Å². The minimum Gasteiger partial charge on any atom is -0.478 e. The maximum atomic E-state index is 11.9. The normalized spacial score (nSPS) is 11.2. The molecular weight excluding hydrogens is 378 g/mol. The van der Waals surface area contributed by atoms with Gasteiger partial charge >= 0.3 is 12.1 Å². The molecule has 7 nitrogen and oxygen atoms in total. The molecule has 0 saturated heterocycles. The minimum atomic E-state index is -0.959. The van der Waals surface area contributed by atoms with Crippen LogP contribution in [0.5, 0.6) is 0 Å². The van der Waals surface area contributed by atoms with Crippen molar-refractivity contribution in [2.45, 2.75) is 36.3 Å². The molecule has 0 bridgehead atoms. The van der Waals surface area contributed by atoms with Crippen LogP contribution in [0, 0.1) is 0 Å². The molecule has 0 fully saturated rings. The zero-order valence-corrected chi connectivity index (χ0v) is 16.4. The summed E-state index contributed by atoms with van der Waals surface area (Å²) in [6.07, 6.45) is 0.771. The topological polar surface area (TPSA) is 101 Å². The molecule has 3 aromatic rings. The molecule has 0 unspecified atom stereocenters. The summed E-state index contributed by atoms with van der Waals surface area (Å²) in [5, 5.41) is 14.0. The second kappa shape index (κ2) is 7.85. The molecule has 144 valence electrons. The standard InChI is InChI=1S/C20H19N3O4S/c1-20(2,3)27-19(26)23-16-10-17(22-11-21-16)28-13-7-8-14-12(9-13)5-4-6-15(14)18(24)25/h4-11H,1-3H3,(H,24,25)(H,21,22,23,26). The van der Waals surface area contributed by atoms with Gasteiger partial charge in [0.2, 0.25) is 0 Å². The number of hydrogen-bond donors (Lipinski definition) is 2. The maximum absolute atomic E-state index is 11.9. The first kappa shape index (κ1) is 19.6. The number of amides is 1. The molecule has 2 aromatic carbocycles. The first-order valence-electron chi connectivity index (χ1n) is 8.47. The molecule has 1 heterocycles. The highest BCUT2D eigenvalue weighted by Gasteiger charge is 2.17. The fraction of sp³-hybridized carbons (Fsp3) is 0.200. The van der Waals surface area contributed by atoms with Gasteiger partial charge in [0.05, 0.1) is 5.56 Å². The number of aromatic carboxylic acids is 1. The third kappa shape index (κ3) is 4.98. The molecule has 0 radical (unpaired) electrons. The first-order chi connectivity index (χ1) is 13.2. The number of nitrogens with zero attached hydrogens (tertiary/aromatic N) is 2. The van der Waals surface area contributed by atoms with Crippen LogP contribution in [-0.4, -0.2) is 32.7 Å². The molecule has 0 aliphatic heterocycles. The van der Waals surface area contributed by atoms with E-state index in [1.54, 1.807) is 45.0 Å². The van der Waals surface area contributed by atoms with Crippen molar-refractivity contribution in [1.29, 1.82) is 0 Å². The highest BCUT2D eigenvalue weighted by molar-refractivity contribution is 7.99. The molecule has 1 aromatic heterocycles. The lowest BCUT2D eigenvalue weighted by Gasteiger charge is -2.19. The van der Waals surface area contributed by atoms with E-state index in [0.717, 1.165) is 10.3 Å². The fourth-order valence-electron chi connectivity index (χ4n) is 2.50. The molecule has 3 rings (SSSR count). The van der Waals surface area contributed by atoms with E-state index in [-0.39, 0.29) is 5.56 Å². The van der Waals surface area contributed by atoms with E-state index in [4.69, 9.17) is 4.74 Å². The van der Waals surface area contributed by atoms with Crippen LogP contribution in [0.2, 0.25) is 0 Å². The molecule has 8 heteroatoms. The summed E-state index contributed by atoms with van der Waals surface area (Å²) in [5.41, 5.74) is -0.339. The summed E-state index contributed by atoms with van der Waals surface area (Å²) in [6.45, 7) is 5.34. The predicted octanol–water partition coefficient (Wildman–Crippen LogP) is 4.83. The SMILES string of the molecule is CC(C)(C)OC(=O)Nc1cc(Sc2ccc3c(C(=O)O)cccc3c2)ncn1. The second-order valence-electron chi connectivity index (χ2n) is 6.96. The van der Waals surface area contributed by atoms with Gasteiger partial charge in [-0.15, -0.1) is 0 Å². The van der Waals surface area contributed by atoms with Gasteiger partial charge in [0.15, 0.2) is 0 Å². The van der Waals surface area contributed by atoms with Crippen molar-refractivity contribution in [3.8, 4) is 0 Å². The number of carbonyl (C=O) groups is 2. The number of ether oxygens (including phenoxy) is 1. The van der Waals surface area contributed by atoms with Gasteiger partial charge in [-0.3, -0.25) is 5.32 Å². The average Bonchev–Trinajstić information content (AvgIpc) is 2.59. The average molecular weight is 397 g/mol. The Bertz CT molecular complexity index is 1050. The summed E-state index contributed by atoms with van der Waals surface area (Å²) in [7, 11) is 0. The van der Waals surface area contributed by atoms with Gasteiger partial charge in [-0.25, -0.2) is 19.6 Å². The zero-order valence-electron chi connectivity index (χ0n) is 15.6. The fourth-order valence-corrected chi connectivity index (χ4v) is 3.34. The summed E-state index contributed by atoms with van der Waals surface area (Å²) in [6, 6.07) is 12.3. The molecule has 28 heavy (non-hydrogen) atoms. The Kier molecular flexibility index (Phi) is 5.51. The van der Waals surface area contributed by atoms with Crippen LogP contribution in [0.15, 0.2) is 58.7 Å². The quantitative estimate of drug-likeness (QED) is 0.608. The number of benzene rings is 2. The molecular formula is C20H19N3O4S. The Morgan fingerprint density at radius 2 is 1.89 bits per heavy atom. The van der Waals surface area contributed by atoms with Crippen molar-refractivity contribution in [3.63, 3.8) is 0 Å². The number of anilines is 1. The van der Waals surface area contributed by atoms with Gasteiger partial charge in [-0.2, -0.15) is 0 Å². The molecule has 0 aliphatic rings. The monoisotopic (exact) mass is 397 g/mol. The van der Waals surface area contributed by atoms with E-state index in [0.29, 0.717) is 16.2 Å². The number of hydrogen-bond acceptors (Lipinski definition) is 6. The van der Waals surface area contributed by atoms with Crippen molar-refractivity contribution in [2.24, 2.45) is 0 Å². The zero-order chi connectivity index (χ0) is 20.3. The third-order valence-corrected chi connectivity index (χ3v) is 4.50. The number of nitrogens with one attached hydrogen (secondary N) is 1. The van der Waals surface area contributed by atoms with Crippen LogP contribution in [0.4, 0.5) is 10.6 Å². The van der Waals surface area contributed by atoms with Crippen LogP contribution in [0.25, 0.3) is 10.8 Å². The lowest BCUT2D eigenvalue weighted by atomic mass is 10.1. The van der Waals surface area contributed by atoms with Gasteiger partial charge in [-0.1, -0.05) is 30.0 Å². The Morgan fingerprint density at radius 1 is 1.11 bits per heavy atom. The van der Waals surface area contributed by atoms with Crippen molar-refractivity contribution >= 4 is 40.4 Å². The van der Waals surface area contributed by atoms with E-state index in [1.807, 2.05) is 18.2 Å². The van der Waals surface area contributed by atoms with Gasteiger partial charge in [0.1, 0.15) is 22.8 Å². The number of carboxylic acid groups (broad SMARTS) is 1. The predicted molar refractivity (Wildman–Crippen MR) is 107 cm³/mol. The number of rotatable bonds is 4. The summed E-state index contributed by atoms with van der Waals surface area (Å²) < 4.78 is 5.21. The molecule has 1 amide bonds. The van der Waals surface area contributed by atoms with Crippen LogP contribution in [0.3, 0.4) is 0 Å².